The Balaban J connectivity index is 1.67. The minimum absolute atomic E-state index is 0.00577. The van der Waals surface area contributed by atoms with Crippen LogP contribution in [0.25, 0.3) is 5.69 Å². The summed E-state index contributed by atoms with van der Waals surface area (Å²) in [4.78, 5) is 12.2. The van der Waals surface area contributed by atoms with E-state index in [1.165, 1.54) is 0 Å². The second kappa shape index (κ2) is 6.99. The lowest BCUT2D eigenvalue weighted by molar-refractivity contribution is -0.116. The number of hydrogen-bond donors (Lipinski definition) is 1. The van der Waals surface area contributed by atoms with Crippen LogP contribution in [0.15, 0.2) is 42.7 Å². The zero-order valence-corrected chi connectivity index (χ0v) is 13.1. The topological polar surface area (TPSA) is 43.3 Å². The molecule has 1 N–H and O–H groups in total. The van der Waals surface area contributed by atoms with E-state index in [9.17, 15) is 4.79 Å². The molecule has 1 unspecified atom stereocenters. The smallest absolute Gasteiger partial charge is 0.224 e. The Bertz CT molecular complexity index is 634. The largest absolute Gasteiger partial charge is 0.378 e. The van der Waals surface area contributed by atoms with Crippen LogP contribution < -0.4 is 5.32 Å². The van der Waals surface area contributed by atoms with Crippen molar-refractivity contribution in [2.75, 3.05) is 11.9 Å². The van der Waals surface area contributed by atoms with E-state index in [0.717, 1.165) is 37.2 Å². The van der Waals surface area contributed by atoms with Gasteiger partial charge in [0.2, 0.25) is 5.91 Å². The first kappa shape index (κ1) is 15.1. The highest BCUT2D eigenvalue weighted by Crippen LogP contribution is 2.25. The fraction of sp³-hybridized carbons (Fsp3) is 0.353. The Hall–Kier alpha value is -1.78. The monoisotopic (exact) mass is 318 g/mol. The number of ether oxygens (including phenoxy) is 1. The molecule has 0 aliphatic carbocycles. The standard InChI is InChI=1S/C17H19ClN2O2/c18-13-5-7-15(16(12-13)20-9-1-2-10-20)19-17(21)8-6-14-4-3-11-22-14/h1-2,5,7,9-10,12,14H,3-4,6,8,11H2,(H,19,21). The van der Waals surface area contributed by atoms with Gasteiger partial charge in [0.05, 0.1) is 17.5 Å². The van der Waals surface area contributed by atoms with Gasteiger partial charge in [0.1, 0.15) is 0 Å². The third-order valence-corrected chi connectivity index (χ3v) is 4.07. The molecule has 1 atom stereocenters. The van der Waals surface area contributed by atoms with Crippen molar-refractivity contribution in [1.29, 1.82) is 0 Å². The van der Waals surface area contributed by atoms with Crippen molar-refractivity contribution in [3.8, 4) is 5.69 Å². The summed E-state index contributed by atoms with van der Waals surface area (Å²) in [7, 11) is 0. The number of carbonyl (C=O) groups is 1. The molecule has 1 aliphatic rings. The number of rotatable bonds is 5. The summed E-state index contributed by atoms with van der Waals surface area (Å²) >= 11 is 6.07. The first-order chi connectivity index (χ1) is 10.7. The van der Waals surface area contributed by atoms with Gasteiger partial charge < -0.3 is 14.6 Å². The molecule has 1 aromatic carbocycles. The third-order valence-electron chi connectivity index (χ3n) is 3.83. The van der Waals surface area contributed by atoms with E-state index in [2.05, 4.69) is 5.32 Å². The molecule has 2 aromatic rings. The second-order valence-electron chi connectivity index (χ2n) is 5.47. The van der Waals surface area contributed by atoms with Gasteiger partial charge in [-0.2, -0.15) is 0 Å². The number of hydrogen-bond acceptors (Lipinski definition) is 2. The van der Waals surface area contributed by atoms with Crippen molar-refractivity contribution in [3.05, 3.63) is 47.7 Å². The zero-order valence-electron chi connectivity index (χ0n) is 12.3. The summed E-state index contributed by atoms with van der Waals surface area (Å²) in [6, 6.07) is 9.33. The van der Waals surface area contributed by atoms with Crippen LogP contribution in [0.4, 0.5) is 5.69 Å². The van der Waals surface area contributed by atoms with Crippen LogP contribution >= 0.6 is 11.6 Å². The first-order valence-electron chi connectivity index (χ1n) is 7.57. The Labute approximate surface area is 135 Å². The van der Waals surface area contributed by atoms with Crippen molar-refractivity contribution in [1.82, 2.24) is 4.57 Å². The number of anilines is 1. The quantitative estimate of drug-likeness (QED) is 0.904. The van der Waals surface area contributed by atoms with E-state index in [1.807, 2.05) is 41.2 Å². The number of nitrogens with zero attached hydrogens (tertiary/aromatic N) is 1. The van der Waals surface area contributed by atoms with Gasteiger partial charge in [-0.15, -0.1) is 0 Å². The lowest BCUT2D eigenvalue weighted by atomic mass is 10.1. The van der Waals surface area contributed by atoms with Crippen molar-refractivity contribution in [2.45, 2.75) is 31.8 Å². The number of benzene rings is 1. The number of nitrogens with one attached hydrogen (secondary N) is 1. The molecule has 1 saturated heterocycles. The molecular formula is C17H19ClN2O2. The molecule has 4 nitrogen and oxygen atoms in total. The van der Waals surface area contributed by atoms with Gasteiger partial charge in [-0.1, -0.05) is 11.6 Å². The molecule has 0 radical (unpaired) electrons. The summed E-state index contributed by atoms with van der Waals surface area (Å²) in [5.41, 5.74) is 1.63. The molecule has 2 heterocycles. The summed E-state index contributed by atoms with van der Waals surface area (Å²) in [6.45, 7) is 0.821. The maximum atomic E-state index is 12.2. The Morgan fingerprint density at radius 3 is 2.91 bits per heavy atom. The van der Waals surface area contributed by atoms with Gasteiger partial charge in [-0.3, -0.25) is 4.79 Å². The Morgan fingerprint density at radius 1 is 1.36 bits per heavy atom. The van der Waals surface area contributed by atoms with E-state index >= 15 is 0 Å². The van der Waals surface area contributed by atoms with Gasteiger partial charge in [0.25, 0.3) is 0 Å². The highest BCUT2D eigenvalue weighted by atomic mass is 35.5. The minimum atomic E-state index is 0.00577. The fourth-order valence-electron chi connectivity index (χ4n) is 2.70. The highest BCUT2D eigenvalue weighted by molar-refractivity contribution is 6.30. The summed E-state index contributed by atoms with van der Waals surface area (Å²) in [5, 5.41) is 3.62. The maximum absolute atomic E-state index is 12.2. The van der Waals surface area contributed by atoms with Crippen LogP contribution in [0.3, 0.4) is 0 Å². The van der Waals surface area contributed by atoms with Crippen molar-refractivity contribution in [3.63, 3.8) is 0 Å². The molecule has 1 fully saturated rings. The van der Waals surface area contributed by atoms with Crippen LogP contribution in [-0.2, 0) is 9.53 Å². The van der Waals surface area contributed by atoms with Crippen LogP contribution in [-0.4, -0.2) is 23.2 Å². The second-order valence-corrected chi connectivity index (χ2v) is 5.91. The van der Waals surface area contributed by atoms with E-state index in [1.54, 1.807) is 6.07 Å². The van der Waals surface area contributed by atoms with Crippen LogP contribution in [0.5, 0.6) is 0 Å². The molecule has 0 saturated carbocycles. The van der Waals surface area contributed by atoms with Gasteiger partial charge in [-0.25, -0.2) is 0 Å². The van der Waals surface area contributed by atoms with Gasteiger partial charge in [-0.05, 0) is 49.6 Å². The molecule has 5 heteroatoms. The lowest BCUT2D eigenvalue weighted by Gasteiger charge is -2.13. The number of amides is 1. The molecule has 3 rings (SSSR count). The summed E-state index contributed by atoms with van der Waals surface area (Å²) in [6.07, 6.45) is 7.49. The Morgan fingerprint density at radius 2 is 2.18 bits per heavy atom. The normalized spacial score (nSPS) is 17.6. The van der Waals surface area contributed by atoms with E-state index < -0.39 is 0 Å². The molecule has 1 aliphatic heterocycles. The van der Waals surface area contributed by atoms with Crippen molar-refractivity contribution >= 4 is 23.2 Å². The number of aromatic nitrogens is 1. The van der Waals surface area contributed by atoms with E-state index in [-0.39, 0.29) is 12.0 Å². The van der Waals surface area contributed by atoms with Crippen molar-refractivity contribution < 1.29 is 9.53 Å². The Kier molecular flexibility index (Phi) is 4.80. The van der Waals surface area contributed by atoms with Crippen LogP contribution in [0.2, 0.25) is 5.02 Å². The summed E-state index contributed by atoms with van der Waals surface area (Å²) < 4.78 is 7.48. The van der Waals surface area contributed by atoms with Crippen molar-refractivity contribution in [2.24, 2.45) is 0 Å². The van der Waals surface area contributed by atoms with Gasteiger partial charge in [0.15, 0.2) is 0 Å². The predicted octanol–water partition coefficient (Wildman–Crippen LogP) is 4.03. The maximum Gasteiger partial charge on any atom is 0.224 e. The van der Waals surface area contributed by atoms with E-state index in [4.69, 9.17) is 16.3 Å². The molecule has 22 heavy (non-hydrogen) atoms. The van der Waals surface area contributed by atoms with Crippen LogP contribution in [0.1, 0.15) is 25.7 Å². The fourth-order valence-corrected chi connectivity index (χ4v) is 2.86. The SMILES string of the molecule is O=C(CCC1CCCO1)Nc1ccc(Cl)cc1-n1cccc1. The molecule has 0 spiro atoms. The van der Waals surface area contributed by atoms with Gasteiger partial charge >= 0.3 is 0 Å². The molecular weight excluding hydrogens is 300 g/mol. The molecule has 1 aromatic heterocycles. The molecule has 0 bridgehead atoms. The molecule has 116 valence electrons. The highest BCUT2D eigenvalue weighted by Gasteiger charge is 2.17. The summed E-state index contributed by atoms with van der Waals surface area (Å²) in [5.74, 6) is 0.00577. The average molecular weight is 319 g/mol. The number of carbonyl (C=O) groups excluding carboxylic acids is 1. The zero-order chi connectivity index (χ0) is 15.4. The van der Waals surface area contributed by atoms with E-state index in [0.29, 0.717) is 11.4 Å². The minimum Gasteiger partial charge on any atom is -0.378 e. The first-order valence-corrected chi connectivity index (χ1v) is 7.94. The molecule has 1 amide bonds. The average Bonchev–Trinajstić information content (AvgIpc) is 3.20. The lowest BCUT2D eigenvalue weighted by Crippen LogP contribution is -2.16. The third kappa shape index (κ3) is 3.70. The van der Waals surface area contributed by atoms with Gasteiger partial charge in [0, 0.05) is 30.4 Å². The number of halogens is 1. The predicted molar refractivity (Wildman–Crippen MR) is 87.6 cm³/mol. The van der Waals surface area contributed by atoms with Crippen LogP contribution in [0, 0.1) is 0 Å².